The number of aromatic nitrogens is 1. The first kappa shape index (κ1) is 24.5. The molecule has 1 saturated carbocycles. The lowest BCUT2D eigenvalue weighted by Gasteiger charge is -2.22. The van der Waals surface area contributed by atoms with Crippen LogP contribution in [0.5, 0.6) is 0 Å². The molecule has 3 amide bonds. The number of hydrogen-bond donors (Lipinski definition) is 4. The van der Waals surface area contributed by atoms with Crippen molar-refractivity contribution in [2.75, 3.05) is 12.3 Å². The zero-order valence-corrected chi connectivity index (χ0v) is 20.2. The van der Waals surface area contributed by atoms with Gasteiger partial charge in [0.2, 0.25) is 11.8 Å². The van der Waals surface area contributed by atoms with Crippen molar-refractivity contribution in [3.05, 3.63) is 58.8 Å². The second kappa shape index (κ2) is 10.3. The number of rotatable bonds is 8. The summed E-state index contributed by atoms with van der Waals surface area (Å²) in [6.45, 7) is 3.94. The van der Waals surface area contributed by atoms with Gasteiger partial charge in [-0.1, -0.05) is 30.3 Å². The number of hydrogen-bond acceptors (Lipinski definition) is 5. The second-order valence-corrected chi connectivity index (χ2v) is 9.70. The minimum atomic E-state index is -1.12. The summed E-state index contributed by atoms with van der Waals surface area (Å²) in [7, 11) is 0. The van der Waals surface area contributed by atoms with Gasteiger partial charge in [-0.2, -0.15) is 0 Å². The molecule has 9 nitrogen and oxygen atoms in total. The van der Waals surface area contributed by atoms with Crippen LogP contribution in [0.1, 0.15) is 54.5 Å². The van der Waals surface area contributed by atoms with Crippen molar-refractivity contribution >= 4 is 23.7 Å². The van der Waals surface area contributed by atoms with Crippen LogP contribution >= 0.6 is 0 Å². The number of carbonyl (C=O) groups is 3. The molecule has 1 saturated heterocycles. The highest BCUT2D eigenvalue weighted by Gasteiger charge is 2.40. The number of nitrogens with zero attached hydrogens (tertiary/aromatic N) is 2. The second-order valence-electron chi connectivity index (χ2n) is 9.70. The molecule has 1 aromatic carbocycles. The van der Waals surface area contributed by atoms with Crippen LogP contribution in [0.2, 0.25) is 0 Å². The molecule has 9 heteroatoms. The van der Waals surface area contributed by atoms with Crippen LogP contribution < -0.4 is 16.4 Å². The van der Waals surface area contributed by atoms with E-state index in [0.29, 0.717) is 24.7 Å². The highest BCUT2D eigenvalue weighted by Crippen LogP contribution is 2.40. The molecule has 2 heterocycles. The zero-order valence-electron chi connectivity index (χ0n) is 20.2. The Balaban J connectivity index is 1.33. The topological polar surface area (TPSA) is 138 Å². The van der Waals surface area contributed by atoms with E-state index in [1.807, 2.05) is 6.92 Å². The summed E-state index contributed by atoms with van der Waals surface area (Å²) in [5.74, 6) is 0.297. The zero-order chi connectivity index (χ0) is 25.1. The molecule has 4 rings (SSSR count). The summed E-state index contributed by atoms with van der Waals surface area (Å²) < 4.78 is 0. The van der Waals surface area contributed by atoms with E-state index in [4.69, 9.17) is 5.73 Å². The Kier molecular flexibility index (Phi) is 7.23. The van der Waals surface area contributed by atoms with Gasteiger partial charge in [0.1, 0.15) is 17.9 Å². The number of nitrogen functional groups attached to an aromatic ring is 1. The lowest BCUT2D eigenvalue weighted by Crippen LogP contribution is -2.51. The molecule has 0 spiro atoms. The quantitative estimate of drug-likeness (QED) is 0.459. The largest absolute Gasteiger partial charge is 0.465 e. The first-order valence-corrected chi connectivity index (χ1v) is 12.1. The van der Waals surface area contributed by atoms with E-state index in [1.165, 1.54) is 28.9 Å². The van der Waals surface area contributed by atoms with Crippen LogP contribution in [-0.4, -0.2) is 51.5 Å². The van der Waals surface area contributed by atoms with E-state index in [1.54, 1.807) is 19.1 Å². The Morgan fingerprint density at radius 2 is 2.00 bits per heavy atom. The van der Waals surface area contributed by atoms with Crippen molar-refractivity contribution in [2.24, 2.45) is 5.92 Å². The molecule has 1 aliphatic heterocycles. The highest BCUT2D eigenvalue weighted by atomic mass is 16.4. The van der Waals surface area contributed by atoms with Gasteiger partial charge in [-0.3, -0.25) is 14.5 Å². The molecule has 186 valence electrons. The van der Waals surface area contributed by atoms with Crippen molar-refractivity contribution in [2.45, 2.75) is 64.1 Å². The average molecular weight is 480 g/mol. The summed E-state index contributed by atoms with van der Waals surface area (Å²) in [6.07, 6.45) is 2.48. The molecule has 0 radical (unpaired) electrons. The first-order chi connectivity index (χ1) is 16.7. The molecule has 5 N–H and O–H groups in total. The van der Waals surface area contributed by atoms with Crippen molar-refractivity contribution < 1.29 is 19.5 Å². The minimum absolute atomic E-state index is 0.0430. The van der Waals surface area contributed by atoms with Crippen LogP contribution in [0.25, 0.3) is 0 Å². The Morgan fingerprint density at radius 1 is 1.23 bits per heavy atom. The van der Waals surface area contributed by atoms with E-state index in [0.717, 1.165) is 17.7 Å². The predicted molar refractivity (Wildman–Crippen MR) is 132 cm³/mol. The van der Waals surface area contributed by atoms with Gasteiger partial charge in [-0.25, -0.2) is 9.78 Å². The van der Waals surface area contributed by atoms with E-state index in [2.05, 4.69) is 39.9 Å². The van der Waals surface area contributed by atoms with E-state index >= 15 is 0 Å². The Morgan fingerprint density at radius 3 is 2.69 bits per heavy atom. The van der Waals surface area contributed by atoms with Crippen LogP contribution in [0.15, 0.2) is 36.4 Å². The van der Waals surface area contributed by atoms with Crippen LogP contribution in [0.3, 0.4) is 0 Å². The summed E-state index contributed by atoms with van der Waals surface area (Å²) in [4.78, 5) is 42.7. The normalized spacial score (nSPS) is 20.3. The number of carboxylic acid groups (broad SMARTS) is 1. The summed E-state index contributed by atoms with van der Waals surface area (Å²) in [5.41, 5.74) is 9.72. The number of aryl methyl sites for hydroxylation is 1. The van der Waals surface area contributed by atoms with Gasteiger partial charge >= 0.3 is 6.09 Å². The molecule has 1 aromatic heterocycles. The first-order valence-electron chi connectivity index (χ1n) is 12.1. The van der Waals surface area contributed by atoms with Gasteiger partial charge < -0.3 is 21.5 Å². The number of nitrogens with one attached hydrogen (secondary N) is 2. The standard InChI is InChI=1S/C26H33N5O4/c1-15-21(8-9-23(27)29-15)13-28-24(32)16(2)30-25(33)22-12-18(14-31(22)26(34)35)10-17-4-3-5-20(11-17)19-6-7-19/h3-5,8-9,11,16,18-19,22H,6-7,10,12-14H2,1-2H3,(H2,27,29)(H,28,32)(H,30,33)(H,34,35)/t16-,18-,22+/m0/s1. The monoisotopic (exact) mass is 479 g/mol. The fourth-order valence-electron chi connectivity index (χ4n) is 4.76. The molecule has 0 unspecified atom stereocenters. The number of anilines is 1. The van der Waals surface area contributed by atoms with E-state index < -0.39 is 24.1 Å². The SMILES string of the molecule is Cc1nc(N)ccc1CNC(=O)[C@H](C)NC(=O)[C@H]1C[C@H](Cc2cccc(C3CC3)c2)CN1C(=O)O. The van der Waals surface area contributed by atoms with Crippen LogP contribution in [0, 0.1) is 12.8 Å². The summed E-state index contributed by atoms with van der Waals surface area (Å²) in [5, 5.41) is 15.2. The highest BCUT2D eigenvalue weighted by molar-refractivity contribution is 5.91. The summed E-state index contributed by atoms with van der Waals surface area (Å²) >= 11 is 0. The Bertz CT molecular complexity index is 1120. The molecule has 35 heavy (non-hydrogen) atoms. The molecule has 2 fully saturated rings. The Hall–Kier alpha value is -3.62. The molecule has 0 bridgehead atoms. The Labute approximate surface area is 205 Å². The van der Waals surface area contributed by atoms with Crippen LogP contribution in [-0.2, 0) is 22.6 Å². The number of nitrogens with two attached hydrogens (primary N) is 1. The fourth-order valence-corrected chi connectivity index (χ4v) is 4.76. The van der Waals surface area contributed by atoms with Gasteiger partial charge in [0.25, 0.3) is 0 Å². The van der Waals surface area contributed by atoms with Crippen molar-refractivity contribution in [1.82, 2.24) is 20.5 Å². The van der Waals surface area contributed by atoms with Crippen molar-refractivity contribution in [1.29, 1.82) is 0 Å². The third kappa shape index (κ3) is 6.09. The lowest BCUT2D eigenvalue weighted by atomic mass is 9.95. The molecule has 1 aliphatic carbocycles. The third-order valence-corrected chi connectivity index (χ3v) is 6.88. The van der Waals surface area contributed by atoms with Gasteiger partial charge in [-0.15, -0.1) is 0 Å². The smallest absolute Gasteiger partial charge is 0.407 e. The van der Waals surface area contributed by atoms with Crippen molar-refractivity contribution in [3.8, 4) is 0 Å². The number of benzene rings is 1. The number of pyridine rings is 1. The number of likely N-dealkylation sites (tertiary alicyclic amines) is 1. The molecule has 2 aromatic rings. The minimum Gasteiger partial charge on any atom is -0.465 e. The maximum Gasteiger partial charge on any atom is 0.407 e. The van der Waals surface area contributed by atoms with Gasteiger partial charge in [0, 0.05) is 18.8 Å². The number of amides is 3. The lowest BCUT2D eigenvalue weighted by molar-refractivity contribution is -0.130. The molecular formula is C26H33N5O4. The average Bonchev–Trinajstić information content (AvgIpc) is 3.58. The van der Waals surface area contributed by atoms with E-state index in [9.17, 15) is 19.5 Å². The third-order valence-electron chi connectivity index (χ3n) is 6.88. The maximum absolute atomic E-state index is 13.0. The molecular weight excluding hydrogens is 446 g/mol. The van der Waals surface area contributed by atoms with Gasteiger partial charge in [0.15, 0.2) is 0 Å². The van der Waals surface area contributed by atoms with Crippen molar-refractivity contribution in [3.63, 3.8) is 0 Å². The maximum atomic E-state index is 13.0. The predicted octanol–water partition coefficient (Wildman–Crippen LogP) is 2.58. The fraction of sp³-hybridized carbons (Fsp3) is 0.462. The molecule has 2 aliphatic rings. The van der Waals surface area contributed by atoms with Gasteiger partial charge in [-0.05, 0) is 74.1 Å². The number of carbonyl (C=O) groups excluding carboxylic acids is 2. The summed E-state index contributed by atoms with van der Waals surface area (Å²) in [6, 6.07) is 10.3. The van der Waals surface area contributed by atoms with E-state index in [-0.39, 0.29) is 18.4 Å². The van der Waals surface area contributed by atoms with Crippen LogP contribution in [0.4, 0.5) is 10.6 Å². The molecule has 3 atom stereocenters. The van der Waals surface area contributed by atoms with Gasteiger partial charge in [0.05, 0.1) is 0 Å².